The fourth-order valence-corrected chi connectivity index (χ4v) is 2.34. The average molecular weight is 356 g/mol. The number of hydrogen-bond acceptors (Lipinski definition) is 5. The molecule has 2 heterocycles. The van der Waals surface area contributed by atoms with E-state index in [-0.39, 0.29) is 23.6 Å². The highest BCUT2D eigenvalue weighted by molar-refractivity contribution is 5.99. The number of rotatable bonds is 5. The van der Waals surface area contributed by atoms with E-state index in [9.17, 15) is 18.4 Å². The highest BCUT2D eigenvalue weighted by Crippen LogP contribution is 2.16. The third-order valence-electron chi connectivity index (χ3n) is 3.75. The lowest BCUT2D eigenvalue weighted by atomic mass is 10.1. The van der Waals surface area contributed by atoms with E-state index in [0.29, 0.717) is 17.3 Å². The number of carbonyl (C=O) groups excluding carboxylic acids is 1. The van der Waals surface area contributed by atoms with Gasteiger partial charge in [-0.05, 0) is 24.3 Å². The number of ketones is 1. The predicted octanol–water partition coefficient (Wildman–Crippen LogP) is 2.42. The van der Waals surface area contributed by atoms with Gasteiger partial charge in [0.1, 0.15) is 11.6 Å². The molecule has 3 rings (SSSR count). The molecule has 0 aliphatic heterocycles. The summed E-state index contributed by atoms with van der Waals surface area (Å²) in [6.45, 7) is -0.303. The number of nitrogens with zero attached hydrogens (tertiary/aromatic N) is 3. The lowest BCUT2D eigenvalue weighted by molar-refractivity contribution is 0.100. The van der Waals surface area contributed by atoms with E-state index in [1.807, 2.05) is 0 Å². The molecule has 0 aliphatic rings. The SMILES string of the molecule is Cn1c(NCC(=O)c2ccc(F)cc2F)nc(-c2ccncc2)cc1=O. The maximum atomic E-state index is 13.7. The molecule has 0 saturated heterocycles. The highest BCUT2D eigenvalue weighted by atomic mass is 19.1. The number of pyridine rings is 1. The predicted molar refractivity (Wildman–Crippen MR) is 91.9 cm³/mol. The molecule has 3 aromatic rings. The molecule has 1 N–H and O–H groups in total. The number of nitrogens with one attached hydrogen (secondary N) is 1. The zero-order chi connectivity index (χ0) is 18.7. The summed E-state index contributed by atoms with van der Waals surface area (Å²) in [6, 6.07) is 7.49. The Hall–Kier alpha value is -3.42. The van der Waals surface area contributed by atoms with Gasteiger partial charge in [0.15, 0.2) is 5.78 Å². The Kier molecular flexibility index (Phi) is 4.83. The largest absolute Gasteiger partial charge is 0.348 e. The summed E-state index contributed by atoms with van der Waals surface area (Å²) in [7, 11) is 1.50. The van der Waals surface area contributed by atoms with Crippen LogP contribution in [0.25, 0.3) is 11.3 Å². The standard InChI is InChI=1S/C18H14F2N4O2/c1-24-17(26)9-15(11-4-6-21-7-5-11)23-18(24)22-10-16(25)13-3-2-12(19)8-14(13)20/h2-9H,10H2,1H3,(H,22,23). The van der Waals surface area contributed by atoms with Gasteiger partial charge in [-0.15, -0.1) is 0 Å². The summed E-state index contributed by atoms with van der Waals surface area (Å²) in [5, 5.41) is 2.73. The third kappa shape index (κ3) is 3.64. The van der Waals surface area contributed by atoms with E-state index in [1.54, 1.807) is 24.5 Å². The molecule has 0 bridgehead atoms. The van der Waals surface area contributed by atoms with E-state index in [4.69, 9.17) is 0 Å². The van der Waals surface area contributed by atoms with Crippen molar-refractivity contribution in [2.45, 2.75) is 0 Å². The molecule has 1 aromatic carbocycles. The van der Waals surface area contributed by atoms with Crippen molar-refractivity contribution in [2.75, 3.05) is 11.9 Å². The second-order valence-corrected chi connectivity index (χ2v) is 5.50. The Balaban J connectivity index is 1.84. The molecule has 2 aromatic heterocycles. The Morgan fingerprint density at radius 1 is 1.15 bits per heavy atom. The first kappa shape index (κ1) is 17.4. The van der Waals surface area contributed by atoms with E-state index in [0.717, 1.165) is 12.1 Å². The van der Waals surface area contributed by atoms with Crippen molar-refractivity contribution in [2.24, 2.45) is 7.05 Å². The van der Waals surface area contributed by atoms with Gasteiger partial charge in [-0.3, -0.25) is 19.1 Å². The minimum Gasteiger partial charge on any atom is -0.348 e. The summed E-state index contributed by atoms with van der Waals surface area (Å²) in [6.07, 6.45) is 3.14. The zero-order valence-electron chi connectivity index (χ0n) is 13.7. The smallest absolute Gasteiger partial charge is 0.255 e. The molecule has 0 unspecified atom stereocenters. The van der Waals surface area contributed by atoms with Crippen molar-refractivity contribution in [1.82, 2.24) is 14.5 Å². The molecule has 6 nitrogen and oxygen atoms in total. The molecule has 0 amide bonds. The molecule has 0 fully saturated rings. The quantitative estimate of drug-likeness (QED) is 0.711. The number of Topliss-reactive ketones (excluding diaryl/α,β-unsaturated/α-hetero) is 1. The molecule has 132 valence electrons. The number of benzene rings is 1. The molecule has 0 radical (unpaired) electrons. The number of anilines is 1. The molecule has 8 heteroatoms. The van der Waals surface area contributed by atoms with Crippen molar-refractivity contribution < 1.29 is 13.6 Å². The minimum atomic E-state index is -0.941. The van der Waals surface area contributed by atoms with Gasteiger partial charge in [-0.1, -0.05) is 0 Å². The van der Waals surface area contributed by atoms with Crippen LogP contribution in [-0.4, -0.2) is 26.9 Å². The van der Waals surface area contributed by atoms with Gasteiger partial charge < -0.3 is 5.32 Å². The van der Waals surface area contributed by atoms with Crippen LogP contribution in [0.2, 0.25) is 0 Å². The monoisotopic (exact) mass is 356 g/mol. The lowest BCUT2D eigenvalue weighted by Crippen LogP contribution is -2.25. The van der Waals surface area contributed by atoms with Crippen LogP contribution in [0.1, 0.15) is 10.4 Å². The summed E-state index contributed by atoms with van der Waals surface area (Å²) in [4.78, 5) is 32.5. The topological polar surface area (TPSA) is 76.9 Å². The van der Waals surface area contributed by atoms with Crippen LogP contribution >= 0.6 is 0 Å². The van der Waals surface area contributed by atoms with Crippen LogP contribution < -0.4 is 10.9 Å². The van der Waals surface area contributed by atoms with Crippen LogP contribution in [0.3, 0.4) is 0 Å². The van der Waals surface area contributed by atoms with Gasteiger partial charge in [0.05, 0.1) is 17.8 Å². The fraction of sp³-hybridized carbons (Fsp3) is 0.111. The Morgan fingerprint density at radius 2 is 1.88 bits per heavy atom. The summed E-state index contributed by atoms with van der Waals surface area (Å²) >= 11 is 0. The Bertz CT molecular complexity index is 1020. The van der Waals surface area contributed by atoms with Gasteiger partial charge >= 0.3 is 0 Å². The van der Waals surface area contributed by atoms with Crippen LogP contribution in [0.5, 0.6) is 0 Å². The van der Waals surface area contributed by atoms with Crippen LogP contribution in [0.15, 0.2) is 53.6 Å². The first-order valence-electron chi connectivity index (χ1n) is 7.66. The molecule has 0 atom stereocenters. The van der Waals surface area contributed by atoms with Crippen LogP contribution in [0, 0.1) is 11.6 Å². The lowest BCUT2D eigenvalue weighted by Gasteiger charge is -2.11. The first-order chi connectivity index (χ1) is 12.5. The maximum absolute atomic E-state index is 13.7. The number of aromatic nitrogens is 3. The van der Waals surface area contributed by atoms with Crippen molar-refractivity contribution in [3.63, 3.8) is 0 Å². The maximum Gasteiger partial charge on any atom is 0.255 e. The van der Waals surface area contributed by atoms with Crippen molar-refractivity contribution in [3.05, 3.63) is 76.3 Å². The summed E-state index contributed by atoms with van der Waals surface area (Å²) < 4.78 is 27.9. The van der Waals surface area contributed by atoms with E-state index in [2.05, 4.69) is 15.3 Å². The molecular formula is C18H14F2N4O2. The number of halogens is 2. The summed E-state index contributed by atoms with van der Waals surface area (Å²) in [5.74, 6) is -2.14. The minimum absolute atomic E-state index is 0.153. The van der Waals surface area contributed by atoms with Crippen LogP contribution in [0.4, 0.5) is 14.7 Å². The summed E-state index contributed by atoms with van der Waals surface area (Å²) in [5.41, 5.74) is 0.541. The second-order valence-electron chi connectivity index (χ2n) is 5.50. The van der Waals surface area contributed by atoms with Crippen molar-refractivity contribution in [1.29, 1.82) is 0 Å². The van der Waals surface area contributed by atoms with Crippen molar-refractivity contribution in [3.8, 4) is 11.3 Å². The normalized spacial score (nSPS) is 10.6. The molecule has 26 heavy (non-hydrogen) atoms. The van der Waals surface area contributed by atoms with Gasteiger partial charge in [-0.25, -0.2) is 13.8 Å². The van der Waals surface area contributed by atoms with E-state index >= 15 is 0 Å². The van der Waals surface area contributed by atoms with E-state index < -0.39 is 17.4 Å². The van der Waals surface area contributed by atoms with Gasteiger partial charge in [0, 0.05) is 37.1 Å². The van der Waals surface area contributed by atoms with Gasteiger partial charge in [-0.2, -0.15) is 0 Å². The molecule has 0 aliphatic carbocycles. The van der Waals surface area contributed by atoms with Gasteiger partial charge in [0.2, 0.25) is 5.95 Å². The molecular weight excluding hydrogens is 342 g/mol. The van der Waals surface area contributed by atoms with Crippen molar-refractivity contribution >= 4 is 11.7 Å². The molecule has 0 spiro atoms. The number of hydrogen-bond donors (Lipinski definition) is 1. The fourth-order valence-electron chi connectivity index (χ4n) is 2.34. The van der Waals surface area contributed by atoms with Gasteiger partial charge in [0.25, 0.3) is 5.56 Å². The average Bonchev–Trinajstić information content (AvgIpc) is 2.63. The zero-order valence-corrected chi connectivity index (χ0v) is 13.7. The highest BCUT2D eigenvalue weighted by Gasteiger charge is 2.14. The third-order valence-corrected chi connectivity index (χ3v) is 3.75. The first-order valence-corrected chi connectivity index (χ1v) is 7.66. The Morgan fingerprint density at radius 3 is 2.58 bits per heavy atom. The molecule has 0 saturated carbocycles. The van der Waals surface area contributed by atoms with Crippen LogP contribution in [-0.2, 0) is 7.05 Å². The van der Waals surface area contributed by atoms with E-state index in [1.165, 1.54) is 17.7 Å². The second kappa shape index (κ2) is 7.22. The Labute approximate surface area is 147 Å². The number of carbonyl (C=O) groups is 1.